The SMILES string of the molecule is O=C(NCC1CCCO1)c1ccc(Cn2cc(Br)c([N+](=O)[O-])n2)o1. The van der Waals surface area contributed by atoms with Gasteiger partial charge < -0.3 is 24.6 Å². The molecule has 24 heavy (non-hydrogen) atoms. The average molecular weight is 399 g/mol. The number of nitrogens with one attached hydrogen (secondary N) is 1. The first kappa shape index (κ1) is 16.7. The Bertz CT molecular complexity index is 750. The molecule has 2 aromatic rings. The molecule has 0 radical (unpaired) electrons. The van der Waals surface area contributed by atoms with Crippen molar-refractivity contribution in [3.63, 3.8) is 0 Å². The fourth-order valence-electron chi connectivity index (χ4n) is 2.44. The Hall–Kier alpha value is -2.20. The van der Waals surface area contributed by atoms with Gasteiger partial charge in [-0.3, -0.25) is 4.79 Å². The molecule has 3 heterocycles. The number of hydrogen-bond donors (Lipinski definition) is 1. The summed E-state index contributed by atoms with van der Waals surface area (Å²) in [6.45, 7) is 1.37. The molecular weight excluding hydrogens is 384 g/mol. The maximum absolute atomic E-state index is 12.0. The van der Waals surface area contributed by atoms with Crippen molar-refractivity contribution < 1.29 is 18.9 Å². The Balaban J connectivity index is 1.59. The van der Waals surface area contributed by atoms with Gasteiger partial charge in [0.2, 0.25) is 0 Å². The van der Waals surface area contributed by atoms with E-state index in [1.165, 1.54) is 10.9 Å². The van der Waals surface area contributed by atoms with Crippen LogP contribution < -0.4 is 5.32 Å². The normalized spacial score (nSPS) is 17.1. The minimum atomic E-state index is -0.577. The molecule has 0 aliphatic carbocycles. The number of nitrogens with zero attached hydrogens (tertiary/aromatic N) is 3. The van der Waals surface area contributed by atoms with Crippen LogP contribution >= 0.6 is 15.9 Å². The fraction of sp³-hybridized carbons (Fsp3) is 0.429. The summed E-state index contributed by atoms with van der Waals surface area (Å²) in [6, 6.07) is 3.20. The first-order valence-corrected chi connectivity index (χ1v) is 8.18. The van der Waals surface area contributed by atoms with Crippen LogP contribution in [-0.4, -0.2) is 39.9 Å². The Morgan fingerprint density at radius 2 is 2.38 bits per heavy atom. The van der Waals surface area contributed by atoms with Gasteiger partial charge in [-0.15, -0.1) is 0 Å². The third kappa shape index (κ3) is 3.82. The highest BCUT2D eigenvalue weighted by atomic mass is 79.9. The second-order valence-electron chi connectivity index (χ2n) is 5.37. The van der Waals surface area contributed by atoms with Gasteiger partial charge in [0, 0.05) is 13.2 Å². The van der Waals surface area contributed by atoms with Crippen molar-refractivity contribution in [3.8, 4) is 0 Å². The average Bonchev–Trinajstić information content (AvgIpc) is 3.26. The minimum absolute atomic E-state index is 0.0605. The predicted octanol–water partition coefficient (Wildman–Crippen LogP) is 2.10. The van der Waals surface area contributed by atoms with Gasteiger partial charge in [-0.25, -0.2) is 0 Å². The molecule has 1 amide bonds. The number of amides is 1. The zero-order chi connectivity index (χ0) is 17.1. The quantitative estimate of drug-likeness (QED) is 0.588. The summed E-state index contributed by atoms with van der Waals surface area (Å²) in [5, 5.41) is 17.4. The number of carbonyl (C=O) groups excluding carboxylic acids is 1. The van der Waals surface area contributed by atoms with Crippen molar-refractivity contribution in [1.29, 1.82) is 0 Å². The summed E-state index contributed by atoms with van der Waals surface area (Å²) in [6.07, 6.45) is 3.50. The second kappa shape index (κ2) is 7.14. The van der Waals surface area contributed by atoms with Gasteiger partial charge in [0.15, 0.2) is 5.76 Å². The molecule has 1 aliphatic rings. The van der Waals surface area contributed by atoms with Crippen LogP contribution in [0.5, 0.6) is 0 Å². The van der Waals surface area contributed by atoms with E-state index in [9.17, 15) is 14.9 Å². The summed E-state index contributed by atoms with van der Waals surface area (Å²) >= 11 is 3.08. The van der Waals surface area contributed by atoms with E-state index in [1.54, 1.807) is 12.1 Å². The predicted molar refractivity (Wildman–Crippen MR) is 85.7 cm³/mol. The number of ether oxygens (including phenoxy) is 1. The zero-order valence-corrected chi connectivity index (χ0v) is 14.2. The number of halogens is 1. The molecule has 128 valence electrons. The number of furan rings is 1. The first-order chi connectivity index (χ1) is 11.5. The smallest absolute Gasteiger partial charge is 0.404 e. The van der Waals surface area contributed by atoms with E-state index in [0.717, 1.165) is 19.4 Å². The maximum Gasteiger partial charge on any atom is 0.404 e. The summed E-state index contributed by atoms with van der Waals surface area (Å²) < 4.78 is 12.6. The number of rotatable bonds is 6. The molecule has 1 unspecified atom stereocenters. The third-order valence-corrected chi connectivity index (χ3v) is 4.15. The molecule has 1 saturated heterocycles. The largest absolute Gasteiger partial charge is 0.454 e. The van der Waals surface area contributed by atoms with E-state index in [0.29, 0.717) is 12.3 Å². The lowest BCUT2D eigenvalue weighted by molar-refractivity contribution is -0.390. The van der Waals surface area contributed by atoms with Crippen molar-refractivity contribution in [3.05, 3.63) is 44.4 Å². The Labute approximate surface area is 145 Å². The van der Waals surface area contributed by atoms with Crippen molar-refractivity contribution >= 4 is 27.7 Å². The van der Waals surface area contributed by atoms with Gasteiger partial charge >= 0.3 is 5.82 Å². The standard InChI is InChI=1S/C14H15BrN4O5/c15-11-8-18(17-13(11)19(21)22)7-10-3-4-12(24-10)14(20)16-6-9-2-1-5-23-9/h3-4,8-9H,1-2,5-7H2,(H,16,20). The lowest BCUT2D eigenvalue weighted by Crippen LogP contribution is -2.31. The minimum Gasteiger partial charge on any atom is -0.454 e. The Kier molecular flexibility index (Phi) is 4.95. The number of nitro groups is 1. The fourth-order valence-corrected chi connectivity index (χ4v) is 2.90. The molecule has 1 fully saturated rings. The summed E-state index contributed by atoms with van der Waals surface area (Å²) in [7, 11) is 0. The van der Waals surface area contributed by atoms with Crippen LogP contribution in [0.2, 0.25) is 0 Å². The Morgan fingerprint density at radius 3 is 3.04 bits per heavy atom. The van der Waals surface area contributed by atoms with Crippen LogP contribution in [0.4, 0.5) is 5.82 Å². The van der Waals surface area contributed by atoms with Gasteiger partial charge in [0.05, 0.1) is 17.4 Å². The molecule has 3 rings (SSSR count). The van der Waals surface area contributed by atoms with E-state index in [2.05, 4.69) is 26.3 Å². The second-order valence-corrected chi connectivity index (χ2v) is 6.22. The van der Waals surface area contributed by atoms with E-state index in [-0.39, 0.29) is 34.6 Å². The van der Waals surface area contributed by atoms with Crippen LogP contribution in [0.1, 0.15) is 29.2 Å². The van der Waals surface area contributed by atoms with Crippen molar-refractivity contribution in [2.24, 2.45) is 0 Å². The number of hydrogen-bond acceptors (Lipinski definition) is 6. The van der Waals surface area contributed by atoms with Crippen molar-refractivity contribution in [2.45, 2.75) is 25.5 Å². The first-order valence-electron chi connectivity index (χ1n) is 7.39. The lowest BCUT2D eigenvalue weighted by Gasteiger charge is -2.09. The van der Waals surface area contributed by atoms with Crippen LogP contribution in [0.15, 0.2) is 27.2 Å². The molecule has 0 bridgehead atoms. The third-order valence-electron chi connectivity index (χ3n) is 3.59. The molecule has 0 spiro atoms. The van der Waals surface area contributed by atoms with Crippen molar-refractivity contribution in [2.75, 3.05) is 13.2 Å². The highest BCUT2D eigenvalue weighted by Crippen LogP contribution is 2.22. The highest BCUT2D eigenvalue weighted by Gasteiger charge is 2.21. The van der Waals surface area contributed by atoms with E-state index < -0.39 is 4.92 Å². The number of carbonyl (C=O) groups is 1. The molecule has 1 N–H and O–H groups in total. The molecule has 0 saturated carbocycles. The van der Waals surface area contributed by atoms with Gasteiger partial charge in [-0.1, -0.05) is 0 Å². The highest BCUT2D eigenvalue weighted by molar-refractivity contribution is 9.10. The maximum atomic E-state index is 12.0. The van der Waals surface area contributed by atoms with E-state index in [4.69, 9.17) is 9.15 Å². The van der Waals surface area contributed by atoms with Crippen LogP contribution in [-0.2, 0) is 11.3 Å². The Morgan fingerprint density at radius 1 is 1.54 bits per heavy atom. The summed E-state index contributed by atoms with van der Waals surface area (Å²) in [5.41, 5.74) is 0. The molecule has 1 atom stereocenters. The van der Waals surface area contributed by atoms with E-state index >= 15 is 0 Å². The van der Waals surface area contributed by atoms with Gasteiger partial charge in [-0.05, 0) is 45.8 Å². The van der Waals surface area contributed by atoms with E-state index in [1.807, 2.05) is 0 Å². The monoisotopic (exact) mass is 398 g/mol. The molecule has 1 aliphatic heterocycles. The summed E-state index contributed by atoms with van der Waals surface area (Å²) in [4.78, 5) is 22.2. The van der Waals surface area contributed by atoms with Gasteiger partial charge in [-0.2, -0.15) is 4.68 Å². The van der Waals surface area contributed by atoms with Crippen LogP contribution in [0, 0.1) is 10.1 Å². The number of aromatic nitrogens is 2. The molecule has 0 aromatic carbocycles. The molecular formula is C14H15BrN4O5. The molecule has 2 aromatic heterocycles. The summed E-state index contributed by atoms with van der Waals surface area (Å²) in [5.74, 6) is 0.0753. The van der Waals surface area contributed by atoms with Crippen molar-refractivity contribution in [1.82, 2.24) is 15.1 Å². The lowest BCUT2D eigenvalue weighted by atomic mass is 10.2. The molecule has 10 heteroatoms. The molecule has 9 nitrogen and oxygen atoms in total. The van der Waals surface area contributed by atoms with Gasteiger partial charge in [0.25, 0.3) is 5.91 Å². The topological polar surface area (TPSA) is 112 Å². The van der Waals surface area contributed by atoms with Gasteiger partial charge in [0.1, 0.15) is 16.8 Å². The van der Waals surface area contributed by atoms with Crippen LogP contribution in [0.25, 0.3) is 0 Å². The zero-order valence-electron chi connectivity index (χ0n) is 12.6. The van der Waals surface area contributed by atoms with Crippen LogP contribution in [0.3, 0.4) is 0 Å².